The fourth-order valence-electron chi connectivity index (χ4n) is 3.44. The van der Waals surface area contributed by atoms with Gasteiger partial charge >= 0.3 is 5.69 Å². The van der Waals surface area contributed by atoms with E-state index in [-0.39, 0.29) is 11.4 Å². The van der Waals surface area contributed by atoms with Gasteiger partial charge in [-0.2, -0.15) is 0 Å². The van der Waals surface area contributed by atoms with Crippen LogP contribution in [-0.2, 0) is 7.05 Å². The number of benzene rings is 2. The minimum absolute atomic E-state index is 0.00387. The molecular weight excluding hydrogens is 382 g/mol. The lowest BCUT2D eigenvalue weighted by Crippen LogP contribution is -2.22. The number of nitrogens with two attached hydrogens (primary N) is 1. The van der Waals surface area contributed by atoms with Crippen molar-refractivity contribution < 1.29 is 9.53 Å². The Balaban J connectivity index is 2.03. The van der Waals surface area contributed by atoms with E-state index in [9.17, 15) is 9.59 Å². The van der Waals surface area contributed by atoms with Crippen molar-refractivity contribution in [2.45, 2.75) is 13.8 Å². The SMILES string of the molecule is CCOc1ccc(-c2nc(C(N)=O)c3c(n2)n(-c2ccccc2C)c(=O)n3C)cc1. The highest BCUT2D eigenvalue weighted by Crippen LogP contribution is 2.25. The number of hydrogen-bond donors (Lipinski definition) is 1. The van der Waals surface area contributed by atoms with E-state index in [1.54, 1.807) is 31.3 Å². The van der Waals surface area contributed by atoms with E-state index in [2.05, 4.69) is 9.97 Å². The molecule has 2 aromatic heterocycles. The van der Waals surface area contributed by atoms with Gasteiger partial charge in [0.2, 0.25) is 0 Å². The van der Waals surface area contributed by atoms with Crippen LogP contribution in [0, 0.1) is 6.92 Å². The number of aryl methyl sites for hydroxylation is 2. The van der Waals surface area contributed by atoms with E-state index in [0.717, 1.165) is 5.56 Å². The average Bonchev–Trinajstić information content (AvgIpc) is 2.99. The van der Waals surface area contributed by atoms with E-state index < -0.39 is 5.91 Å². The highest BCUT2D eigenvalue weighted by atomic mass is 16.5. The van der Waals surface area contributed by atoms with Crippen molar-refractivity contribution >= 4 is 17.1 Å². The summed E-state index contributed by atoms with van der Waals surface area (Å²) in [6, 6.07) is 14.7. The number of primary amides is 1. The highest BCUT2D eigenvalue weighted by Gasteiger charge is 2.23. The molecule has 8 nitrogen and oxygen atoms in total. The average molecular weight is 403 g/mol. The summed E-state index contributed by atoms with van der Waals surface area (Å²) in [7, 11) is 1.58. The lowest BCUT2D eigenvalue weighted by atomic mass is 10.2. The fourth-order valence-corrected chi connectivity index (χ4v) is 3.44. The second-order valence-electron chi connectivity index (χ2n) is 6.85. The first-order chi connectivity index (χ1) is 14.4. The van der Waals surface area contributed by atoms with Crippen molar-refractivity contribution in [3.8, 4) is 22.8 Å². The Labute approximate surface area is 172 Å². The normalized spacial score (nSPS) is 11.0. The second-order valence-corrected chi connectivity index (χ2v) is 6.85. The van der Waals surface area contributed by atoms with Crippen LogP contribution >= 0.6 is 0 Å². The molecular formula is C22H21N5O3. The van der Waals surface area contributed by atoms with Crippen LogP contribution in [0.4, 0.5) is 0 Å². The number of aromatic nitrogens is 4. The third-order valence-corrected chi connectivity index (χ3v) is 4.90. The Morgan fingerprint density at radius 1 is 1.10 bits per heavy atom. The molecule has 0 atom stereocenters. The van der Waals surface area contributed by atoms with Crippen molar-refractivity contribution in [3.63, 3.8) is 0 Å². The van der Waals surface area contributed by atoms with Crippen molar-refractivity contribution in [1.29, 1.82) is 0 Å². The van der Waals surface area contributed by atoms with Gasteiger partial charge in [-0.1, -0.05) is 18.2 Å². The van der Waals surface area contributed by atoms with Crippen molar-refractivity contribution in [3.05, 3.63) is 70.3 Å². The maximum absolute atomic E-state index is 13.1. The van der Waals surface area contributed by atoms with Crippen LogP contribution in [0.3, 0.4) is 0 Å². The minimum Gasteiger partial charge on any atom is -0.494 e. The first-order valence-electron chi connectivity index (χ1n) is 9.51. The molecule has 4 aromatic rings. The molecule has 0 saturated carbocycles. The third-order valence-electron chi connectivity index (χ3n) is 4.90. The minimum atomic E-state index is -0.730. The van der Waals surface area contributed by atoms with Gasteiger partial charge in [0, 0.05) is 12.6 Å². The maximum Gasteiger partial charge on any atom is 0.334 e. The number of para-hydroxylation sites is 1. The van der Waals surface area contributed by atoms with Gasteiger partial charge < -0.3 is 10.5 Å². The highest BCUT2D eigenvalue weighted by molar-refractivity contribution is 6.02. The van der Waals surface area contributed by atoms with Gasteiger partial charge in [-0.3, -0.25) is 9.36 Å². The summed E-state index contributed by atoms with van der Waals surface area (Å²) >= 11 is 0. The predicted octanol–water partition coefficient (Wildman–Crippen LogP) is 2.59. The van der Waals surface area contributed by atoms with E-state index in [0.29, 0.717) is 40.6 Å². The van der Waals surface area contributed by atoms with Crippen LogP contribution in [0.25, 0.3) is 28.2 Å². The molecule has 0 saturated heterocycles. The first-order valence-corrected chi connectivity index (χ1v) is 9.51. The molecule has 0 aliphatic heterocycles. The molecule has 0 fully saturated rings. The van der Waals surface area contributed by atoms with Crippen LogP contribution in [0.5, 0.6) is 5.75 Å². The summed E-state index contributed by atoms with van der Waals surface area (Å²) in [6.45, 7) is 4.37. The zero-order valence-corrected chi connectivity index (χ0v) is 16.9. The smallest absolute Gasteiger partial charge is 0.334 e. The lowest BCUT2D eigenvalue weighted by molar-refractivity contribution is 0.0997. The number of fused-ring (bicyclic) bond motifs is 1. The summed E-state index contributed by atoms with van der Waals surface area (Å²) in [5, 5.41) is 0. The predicted molar refractivity (Wildman–Crippen MR) is 114 cm³/mol. The van der Waals surface area contributed by atoms with E-state index in [1.807, 2.05) is 38.1 Å². The molecule has 152 valence electrons. The largest absolute Gasteiger partial charge is 0.494 e. The molecule has 2 N–H and O–H groups in total. The van der Waals surface area contributed by atoms with Crippen molar-refractivity contribution in [2.24, 2.45) is 12.8 Å². The van der Waals surface area contributed by atoms with Gasteiger partial charge in [0.1, 0.15) is 11.3 Å². The molecule has 0 aliphatic rings. The zero-order chi connectivity index (χ0) is 21.4. The molecule has 1 amide bonds. The standard InChI is InChI=1S/C22H21N5O3/c1-4-30-15-11-9-14(10-12-15)20-24-17(19(23)28)18-21(25-20)27(22(29)26(18)3)16-8-6-5-7-13(16)2/h5-12H,4H2,1-3H3,(H2,23,28). The zero-order valence-electron chi connectivity index (χ0n) is 16.9. The van der Waals surface area contributed by atoms with Gasteiger partial charge in [0.15, 0.2) is 17.2 Å². The van der Waals surface area contributed by atoms with Crippen LogP contribution in [0.2, 0.25) is 0 Å². The summed E-state index contributed by atoms with van der Waals surface area (Å²) in [6.07, 6.45) is 0. The van der Waals surface area contributed by atoms with Gasteiger partial charge in [0.25, 0.3) is 5.91 Å². The molecule has 4 rings (SSSR count). The summed E-state index contributed by atoms with van der Waals surface area (Å²) < 4.78 is 8.31. The van der Waals surface area contributed by atoms with Crippen LogP contribution in [-0.4, -0.2) is 31.6 Å². The number of rotatable bonds is 5. The number of carbonyl (C=O) groups is 1. The number of carbonyl (C=O) groups excluding carboxylic acids is 1. The quantitative estimate of drug-likeness (QED) is 0.551. The van der Waals surface area contributed by atoms with Crippen molar-refractivity contribution in [1.82, 2.24) is 19.1 Å². The van der Waals surface area contributed by atoms with Crippen LogP contribution < -0.4 is 16.2 Å². The Morgan fingerprint density at radius 3 is 2.43 bits per heavy atom. The Kier molecular flexibility index (Phi) is 4.83. The molecule has 0 unspecified atom stereocenters. The summed E-state index contributed by atoms with van der Waals surface area (Å²) in [4.78, 5) is 34.3. The number of imidazole rings is 1. The van der Waals surface area contributed by atoms with Crippen LogP contribution in [0.15, 0.2) is 53.3 Å². The molecule has 0 radical (unpaired) electrons. The topological polar surface area (TPSA) is 105 Å². The Bertz CT molecular complexity index is 1320. The second kappa shape index (κ2) is 7.47. The fraction of sp³-hybridized carbons (Fsp3) is 0.182. The number of hydrogen-bond acceptors (Lipinski definition) is 5. The molecule has 30 heavy (non-hydrogen) atoms. The van der Waals surface area contributed by atoms with Crippen LogP contribution in [0.1, 0.15) is 23.0 Å². The van der Waals surface area contributed by atoms with Gasteiger partial charge in [-0.25, -0.2) is 19.3 Å². The molecule has 8 heteroatoms. The number of nitrogens with zero attached hydrogens (tertiary/aromatic N) is 4. The first kappa shape index (κ1) is 19.4. The summed E-state index contributed by atoms with van der Waals surface area (Å²) in [5.41, 5.74) is 8.15. The third kappa shape index (κ3) is 3.12. The molecule has 2 aromatic carbocycles. The van der Waals surface area contributed by atoms with E-state index >= 15 is 0 Å². The molecule has 0 bridgehead atoms. The molecule has 2 heterocycles. The maximum atomic E-state index is 13.1. The van der Waals surface area contributed by atoms with E-state index in [4.69, 9.17) is 10.5 Å². The number of ether oxygens (including phenoxy) is 1. The van der Waals surface area contributed by atoms with Gasteiger partial charge in [-0.05, 0) is 49.7 Å². The van der Waals surface area contributed by atoms with Gasteiger partial charge in [0.05, 0.1) is 12.3 Å². The number of amides is 1. The Hall–Kier alpha value is -3.94. The lowest BCUT2D eigenvalue weighted by Gasteiger charge is -2.09. The van der Waals surface area contributed by atoms with E-state index in [1.165, 1.54) is 9.13 Å². The monoisotopic (exact) mass is 403 g/mol. The van der Waals surface area contributed by atoms with Gasteiger partial charge in [-0.15, -0.1) is 0 Å². The molecule has 0 aliphatic carbocycles. The summed E-state index contributed by atoms with van der Waals surface area (Å²) in [5.74, 6) is 0.286. The van der Waals surface area contributed by atoms with Crippen molar-refractivity contribution in [2.75, 3.05) is 6.61 Å². The molecule has 0 spiro atoms. The Morgan fingerprint density at radius 2 is 1.80 bits per heavy atom.